The van der Waals surface area contributed by atoms with Crippen LogP contribution in [0.15, 0.2) is 54.9 Å². The van der Waals surface area contributed by atoms with E-state index in [1.807, 2.05) is 36.5 Å². The summed E-state index contributed by atoms with van der Waals surface area (Å²) in [7, 11) is 0. The molecule has 2 N–H and O–H groups in total. The molecule has 0 saturated carbocycles. The van der Waals surface area contributed by atoms with E-state index < -0.39 is 0 Å². The number of nitrogens with one attached hydrogen (secondary N) is 1. The number of nitrogens with zero attached hydrogens (tertiary/aromatic N) is 1. The number of hydrogen-bond acceptors (Lipinski definition) is 3. The molecule has 3 nitrogen and oxygen atoms in total. The minimum Gasteiger partial charge on any atom is -0.395 e. The molecule has 2 atom stereocenters. The number of pyridine rings is 1. The second-order valence-corrected chi connectivity index (χ2v) is 4.74. The summed E-state index contributed by atoms with van der Waals surface area (Å²) in [4.78, 5) is 4.12. The highest BCUT2D eigenvalue weighted by molar-refractivity contribution is 5.17. The van der Waals surface area contributed by atoms with Crippen LogP contribution in [0.5, 0.6) is 0 Å². The Morgan fingerprint density at radius 1 is 1.16 bits per heavy atom. The minimum atomic E-state index is 0.0533. The van der Waals surface area contributed by atoms with Gasteiger partial charge >= 0.3 is 0 Å². The summed E-state index contributed by atoms with van der Waals surface area (Å²) in [6.45, 7) is 2.21. The Balaban J connectivity index is 1.96. The Bertz CT molecular complexity index is 473. The Hall–Kier alpha value is -1.71. The summed E-state index contributed by atoms with van der Waals surface area (Å²) in [5.41, 5.74) is 2.36. The fourth-order valence-corrected chi connectivity index (χ4v) is 2.16. The summed E-state index contributed by atoms with van der Waals surface area (Å²) in [6.07, 6.45) is 4.44. The van der Waals surface area contributed by atoms with Gasteiger partial charge in [-0.05, 0) is 30.5 Å². The summed E-state index contributed by atoms with van der Waals surface area (Å²) in [6, 6.07) is 14.4. The second-order valence-electron chi connectivity index (χ2n) is 4.74. The molecule has 0 bridgehead atoms. The molecular formula is C16H20N2O. The molecule has 0 radical (unpaired) electrons. The highest BCUT2D eigenvalue weighted by atomic mass is 16.3. The van der Waals surface area contributed by atoms with Crippen molar-refractivity contribution in [2.45, 2.75) is 25.4 Å². The SMILES string of the molecule is CC(NC(CO)Cc1ccccc1)c1cccnc1. The number of aliphatic hydroxyl groups excluding tert-OH is 1. The van der Waals surface area contributed by atoms with E-state index in [0.717, 1.165) is 12.0 Å². The lowest BCUT2D eigenvalue weighted by molar-refractivity contribution is 0.232. The maximum atomic E-state index is 9.51. The zero-order valence-corrected chi connectivity index (χ0v) is 11.2. The first-order chi connectivity index (χ1) is 9.29. The van der Waals surface area contributed by atoms with Gasteiger partial charge in [0, 0.05) is 24.5 Å². The number of benzene rings is 1. The Morgan fingerprint density at radius 3 is 2.58 bits per heavy atom. The molecule has 0 saturated heterocycles. The summed E-state index contributed by atoms with van der Waals surface area (Å²) < 4.78 is 0. The predicted octanol–water partition coefficient (Wildman–Crippen LogP) is 2.34. The van der Waals surface area contributed by atoms with Gasteiger partial charge in [-0.3, -0.25) is 4.98 Å². The average Bonchev–Trinajstić information content (AvgIpc) is 2.48. The predicted molar refractivity (Wildman–Crippen MR) is 76.8 cm³/mol. The molecule has 2 rings (SSSR count). The average molecular weight is 256 g/mol. The standard InChI is InChI=1S/C16H20N2O/c1-13(15-8-5-9-17-11-15)18-16(12-19)10-14-6-3-2-4-7-14/h2-9,11,13,16,18-19H,10,12H2,1H3. The Morgan fingerprint density at radius 2 is 1.95 bits per heavy atom. The molecule has 1 heterocycles. The lowest BCUT2D eigenvalue weighted by Gasteiger charge is -2.22. The van der Waals surface area contributed by atoms with Gasteiger partial charge in [0.25, 0.3) is 0 Å². The number of aromatic nitrogens is 1. The van der Waals surface area contributed by atoms with Crippen molar-refractivity contribution >= 4 is 0 Å². The molecule has 0 amide bonds. The third-order valence-corrected chi connectivity index (χ3v) is 3.22. The molecular weight excluding hydrogens is 236 g/mol. The second kappa shape index (κ2) is 7.02. The number of hydrogen-bond donors (Lipinski definition) is 2. The molecule has 2 aromatic rings. The summed E-state index contributed by atoms with van der Waals surface area (Å²) in [5, 5.41) is 12.9. The van der Waals surface area contributed by atoms with Crippen molar-refractivity contribution in [1.82, 2.24) is 10.3 Å². The molecule has 2 unspecified atom stereocenters. The molecule has 0 fully saturated rings. The van der Waals surface area contributed by atoms with E-state index in [9.17, 15) is 5.11 Å². The normalized spacial score (nSPS) is 14.0. The van der Waals surface area contributed by atoms with Crippen LogP contribution < -0.4 is 5.32 Å². The van der Waals surface area contributed by atoms with Crippen molar-refractivity contribution in [3.8, 4) is 0 Å². The first kappa shape index (κ1) is 13.7. The van der Waals surface area contributed by atoms with Gasteiger partial charge in [-0.1, -0.05) is 36.4 Å². The summed E-state index contributed by atoms with van der Waals surface area (Å²) >= 11 is 0. The smallest absolute Gasteiger partial charge is 0.0588 e. The summed E-state index contributed by atoms with van der Waals surface area (Å²) in [5.74, 6) is 0. The molecule has 0 aliphatic rings. The Kier molecular flexibility index (Phi) is 5.07. The van der Waals surface area contributed by atoms with Crippen molar-refractivity contribution in [3.05, 3.63) is 66.0 Å². The fourth-order valence-electron chi connectivity index (χ4n) is 2.16. The highest BCUT2D eigenvalue weighted by Crippen LogP contribution is 2.12. The molecule has 3 heteroatoms. The third kappa shape index (κ3) is 4.16. The topological polar surface area (TPSA) is 45.1 Å². The lowest BCUT2D eigenvalue weighted by Crippen LogP contribution is -2.36. The van der Waals surface area contributed by atoms with E-state index in [1.54, 1.807) is 6.20 Å². The molecule has 0 aliphatic heterocycles. The van der Waals surface area contributed by atoms with Crippen molar-refractivity contribution in [3.63, 3.8) is 0 Å². The van der Waals surface area contributed by atoms with Gasteiger partial charge in [0.1, 0.15) is 0 Å². The van der Waals surface area contributed by atoms with Gasteiger partial charge in [0.15, 0.2) is 0 Å². The van der Waals surface area contributed by atoms with Gasteiger partial charge in [-0.25, -0.2) is 0 Å². The molecule has 1 aromatic carbocycles. The number of rotatable bonds is 6. The molecule has 0 aliphatic carbocycles. The molecule has 100 valence electrons. The monoisotopic (exact) mass is 256 g/mol. The van der Waals surface area contributed by atoms with E-state index in [-0.39, 0.29) is 18.7 Å². The highest BCUT2D eigenvalue weighted by Gasteiger charge is 2.13. The van der Waals surface area contributed by atoms with Crippen LogP contribution in [-0.4, -0.2) is 22.7 Å². The van der Waals surface area contributed by atoms with Crippen LogP contribution in [-0.2, 0) is 6.42 Å². The van der Waals surface area contributed by atoms with E-state index in [0.29, 0.717) is 0 Å². The van der Waals surface area contributed by atoms with Crippen LogP contribution >= 0.6 is 0 Å². The van der Waals surface area contributed by atoms with Crippen LogP contribution in [0.25, 0.3) is 0 Å². The fraction of sp³-hybridized carbons (Fsp3) is 0.312. The van der Waals surface area contributed by atoms with E-state index in [4.69, 9.17) is 0 Å². The minimum absolute atomic E-state index is 0.0533. The van der Waals surface area contributed by atoms with Gasteiger partial charge < -0.3 is 10.4 Å². The first-order valence-corrected chi connectivity index (χ1v) is 6.60. The zero-order chi connectivity index (χ0) is 13.5. The van der Waals surface area contributed by atoms with Crippen LogP contribution in [0.1, 0.15) is 24.1 Å². The number of aliphatic hydroxyl groups is 1. The van der Waals surface area contributed by atoms with E-state index >= 15 is 0 Å². The van der Waals surface area contributed by atoms with Gasteiger partial charge in [0.2, 0.25) is 0 Å². The maximum Gasteiger partial charge on any atom is 0.0588 e. The van der Waals surface area contributed by atoms with Crippen LogP contribution in [0, 0.1) is 0 Å². The largest absolute Gasteiger partial charge is 0.395 e. The van der Waals surface area contributed by atoms with Crippen LogP contribution in [0.2, 0.25) is 0 Å². The molecule has 1 aromatic heterocycles. The van der Waals surface area contributed by atoms with Gasteiger partial charge in [0.05, 0.1) is 6.61 Å². The van der Waals surface area contributed by atoms with Crippen molar-refractivity contribution in [2.24, 2.45) is 0 Å². The van der Waals surface area contributed by atoms with Crippen molar-refractivity contribution in [2.75, 3.05) is 6.61 Å². The molecule has 0 spiro atoms. The van der Waals surface area contributed by atoms with E-state index in [1.165, 1.54) is 5.56 Å². The quantitative estimate of drug-likeness (QED) is 0.834. The Labute approximate surface area is 114 Å². The van der Waals surface area contributed by atoms with Crippen molar-refractivity contribution in [1.29, 1.82) is 0 Å². The lowest BCUT2D eigenvalue weighted by atomic mass is 10.0. The van der Waals surface area contributed by atoms with E-state index in [2.05, 4.69) is 29.4 Å². The van der Waals surface area contributed by atoms with Crippen LogP contribution in [0.3, 0.4) is 0 Å². The van der Waals surface area contributed by atoms with Crippen molar-refractivity contribution < 1.29 is 5.11 Å². The third-order valence-electron chi connectivity index (χ3n) is 3.22. The maximum absolute atomic E-state index is 9.51. The first-order valence-electron chi connectivity index (χ1n) is 6.60. The van der Waals surface area contributed by atoms with Gasteiger partial charge in [-0.2, -0.15) is 0 Å². The van der Waals surface area contributed by atoms with Gasteiger partial charge in [-0.15, -0.1) is 0 Å². The van der Waals surface area contributed by atoms with Crippen LogP contribution in [0.4, 0.5) is 0 Å². The molecule has 19 heavy (non-hydrogen) atoms. The zero-order valence-electron chi connectivity index (χ0n) is 11.2.